The Morgan fingerprint density at radius 2 is 2.27 bits per heavy atom. The van der Waals surface area contributed by atoms with Gasteiger partial charge in [-0.25, -0.2) is 4.68 Å². The minimum absolute atomic E-state index is 0.874. The molecular formula is C6H11IN4. The van der Waals surface area contributed by atoms with Gasteiger partial charge in [-0.15, -0.1) is 5.10 Å². The first kappa shape index (κ1) is 8.89. The van der Waals surface area contributed by atoms with Gasteiger partial charge in [0.05, 0.1) is 0 Å². The van der Waals surface area contributed by atoms with Crippen molar-refractivity contribution in [1.29, 1.82) is 0 Å². The molecule has 1 aromatic rings. The second-order valence-electron chi connectivity index (χ2n) is 2.38. The second kappa shape index (κ2) is 4.63. The van der Waals surface area contributed by atoms with Crippen molar-refractivity contribution < 1.29 is 0 Å². The maximum Gasteiger partial charge on any atom is 0.212 e. The number of aryl methyl sites for hydroxylation is 1. The summed E-state index contributed by atoms with van der Waals surface area (Å²) in [5.74, 6) is 0. The van der Waals surface area contributed by atoms with Crippen LogP contribution in [0.1, 0.15) is 26.2 Å². The lowest BCUT2D eigenvalue weighted by molar-refractivity contribution is 0.529. The van der Waals surface area contributed by atoms with Gasteiger partial charge in [-0.05, 0) is 16.8 Å². The second-order valence-corrected chi connectivity index (χ2v) is 3.34. The van der Waals surface area contributed by atoms with E-state index in [0.717, 1.165) is 16.8 Å². The van der Waals surface area contributed by atoms with Crippen LogP contribution in [0.3, 0.4) is 0 Å². The van der Waals surface area contributed by atoms with Crippen LogP contribution in [-0.4, -0.2) is 20.2 Å². The molecule has 1 rings (SSSR count). The zero-order chi connectivity index (χ0) is 8.10. The third-order valence-electron chi connectivity index (χ3n) is 1.46. The van der Waals surface area contributed by atoms with E-state index in [1.807, 2.05) is 4.68 Å². The molecule has 0 radical (unpaired) electrons. The number of tetrazole rings is 1. The highest BCUT2D eigenvalue weighted by molar-refractivity contribution is 14.1. The summed E-state index contributed by atoms with van der Waals surface area (Å²) >= 11 is 2.13. The van der Waals surface area contributed by atoms with E-state index in [2.05, 4.69) is 45.0 Å². The van der Waals surface area contributed by atoms with Gasteiger partial charge in [0.2, 0.25) is 3.83 Å². The fourth-order valence-electron chi connectivity index (χ4n) is 0.842. The predicted octanol–water partition coefficient (Wildman–Crippen LogP) is 1.47. The number of nitrogens with zero attached hydrogens (tertiary/aromatic N) is 4. The molecule has 0 aliphatic carbocycles. The van der Waals surface area contributed by atoms with Gasteiger partial charge in [-0.2, -0.15) is 0 Å². The fraction of sp³-hybridized carbons (Fsp3) is 0.833. The molecule has 0 aliphatic heterocycles. The van der Waals surface area contributed by atoms with Crippen LogP contribution < -0.4 is 0 Å². The number of rotatable bonds is 4. The number of hydrogen-bond donors (Lipinski definition) is 0. The van der Waals surface area contributed by atoms with Gasteiger partial charge in [0, 0.05) is 29.1 Å². The first-order valence-corrected chi connectivity index (χ1v) is 4.84. The number of unbranched alkanes of at least 4 members (excludes halogenated alkanes) is 2. The molecular weight excluding hydrogens is 255 g/mol. The van der Waals surface area contributed by atoms with Crippen LogP contribution >= 0.6 is 22.6 Å². The van der Waals surface area contributed by atoms with E-state index in [-0.39, 0.29) is 0 Å². The summed E-state index contributed by atoms with van der Waals surface area (Å²) in [7, 11) is 0. The Morgan fingerprint density at radius 3 is 2.82 bits per heavy atom. The summed E-state index contributed by atoms with van der Waals surface area (Å²) in [6.07, 6.45) is 3.65. The quantitative estimate of drug-likeness (QED) is 0.612. The van der Waals surface area contributed by atoms with E-state index in [0.29, 0.717) is 0 Å². The van der Waals surface area contributed by atoms with Crippen LogP contribution in [0.2, 0.25) is 0 Å². The number of aromatic nitrogens is 4. The lowest BCUT2D eigenvalue weighted by atomic mass is 10.2. The molecule has 0 spiro atoms. The monoisotopic (exact) mass is 266 g/mol. The Balaban J connectivity index is 2.32. The highest BCUT2D eigenvalue weighted by Gasteiger charge is 1.98. The van der Waals surface area contributed by atoms with Crippen LogP contribution in [0.15, 0.2) is 0 Å². The molecule has 0 atom stereocenters. The molecule has 1 aromatic heterocycles. The summed E-state index contributed by atoms with van der Waals surface area (Å²) < 4.78 is 2.70. The molecule has 0 unspecified atom stereocenters. The van der Waals surface area contributed by atoms with Gasteiger partial charge in [0.1, 0.15) is 0 Å². The topological polar surface area (TPSA) is 43.6 Å². The zero-order valence-electron chi connectivity index (χ0n) is 6.50. The van der Waals surface area contributed by atoms with Gasteiger partial charge < -0.3 is 0 Å². The van der Waals surface area contributed by atoms with Crippen LogP contribution in [0.5, 0.6) is 0 Å². The lowest BCUT2D eigenvalue weighted by Crippen LogP contribution is -2.02. The van der Waals surface area contributed by atoms with E-state index in [9.17, 15) is 0 Å². The summed E-state index contributed by atoms with van der Waals surface area (Å²) in [4.78, 5) is 0. The van der Waals surface area contributed by atoms with Crippen molar-refractivity contribution in [3.05, 3.63) is 3.83 Å². The molecule has 0 saturated carbocycles. The Kier molecular flexibility index (Phi) is 3.74. The average molecular weight is 266 g/mol. The van der Waals surface area contributed by atoms with Gasteiger partial charge in [-0.1, -0.05) is 19.8 Å². The summed E-state index contributed by atoms with van der Waals surface area (Å²) in [5, 5.41) is 11.2. The molecule has 62 valence electrons. The average Bonchev–Trinajstić information content (AvgIpc) is 2.37. The van der Waals surface area contributed by atoms with E-state index in [1.165, 1.54) is 12.8 Å². The maximum atomic E-state index is 3.84. The van der Waals surface area contributed by atoms with Gasteiger partial charge in [0.25, 0.3) is 0 Å². The summed E-state index contributed by atoms with van der Waals surface area (Å²) in [6, 6.07) is 0. The summed E-state index contributed by atoms with van der Waals surface area (Å²) in [6.45, 7) is 3.13. The SMILES string of the molecule is CCCCCn1nnnc1I. The number of halogens is 1. The van der Waals surface area contributed by atoms with Crippen molar-refractivity contribution in [2.75, 3.05) is 0 Å². The highest BCUT2D eigenvalue weighted by atomic mass is 127. The van der Waals surface area contributed by atoms with Gasteiger partial charge in [-0.3, -0.25) is 0 Å². The molecule has 0 fully saturated rings. The lowest BCUT2D eigenvalue weighted by Gasteiger charge is -1.97. The van der Waals surface area contributed by atoms with E-state index in [1.54, 1.807) is 0 Å². The smallest absolute Gasteiger partial charge is 0.212 e. The standard InChI is InChI=1S/C6H11IN4/c1-2-3-4-5-11-6(7)8-9-10-11/h2-5H2,1H3. The van der Waals surface area contributed by atoms with E-state index < -0.39 is 0 Å². The fourth-order valence-corrected chi connectivity index (χ4v) is 1.28. The predicted molar refractivity (Wildman–Crippen MR) is 50.1 cm³/mol. The Labute approximate surface area is 79.5 Å². The maximum absolute atomic E-state index is 3.84. The molecule has 1 heterocycles. The largest absolute Gasteiger partial charge is 0.221 e. The van der Waals surface area contributed by atoms with Crippen LogP contribution in [0, 0.1) is 3.83 Å². The van der Waals surface area contributed by atoms with Crippen molar-refractivity contribution >= 4 is 22.6 Å². The van der Waals surface area contributed by atoms with Crippen molar-refractivity contribution in [1.82, 2.24) is 20.2 Å². The van der Waals surface area contributed by atoms with Crippen molar-refractivity contribution in [3.63, 3.8) is 0 Å². The number of hydrogen-bond acceptors (Lipinski definition) is 3. The molecule has 0 aromatic carbocycles. The molecule has 0 N–H and O–H groups in total. The Bertz CT molecular complexity index is 210. The van der Waals surface area contributed by atoms with Crippen molar-refractivity contribution in [3.8, 4) is 0 Å². The minimum Gasteiger partial charge on any atom is -0.221 e. The normalized spacial score (nSPS) is 10.4. The van der Waals surface area contributed by atoms with Crippen molar-refractivity contribution in [2.24, 2.45) is 0 Å². The zero-order valence-corrected chi connectivity index (χ0v) is 8.65. The first-order valence-electron chi connectivity index (χ1n) is 3.76. The third-order valence-corrected chi connectivity index (χ3v) is 2.23. The highest BCUT2D eigenvalue weighted by Crippen LogP contribution is 2.01. The molecule has 11 heavy (non-hydrogen) atoms. The van der Waals surface area contributed by atoms with Crippen LogP contribution in [-0.2, 0) is 6.54 Å². The molecule has 4 nitrogen and oxygen atoms in total. The van der Waals surface area contributed by atoms with Gasteiger partial charge in [0.15, 0.2) is 0 Å². The van der Waals surface area contributed by atoms with E-state index in [4.69, 9.17) is 0 Å². The summed E-state index contributed by atoms with van der Waals surface area (Å²) in [5.41, 5.74) is 0. The Hall–Kier alpha value is -0.200. The molecule has 0 bridgehead atoms. The Morgan fingerprint density at radius 1 is 1.45 bits per heavy atom. The molecule has 0 aliphatic rings. The van der Waals surface area contributed by atoms with E-state index >= 15 is 0 Å². The molecule has 0 amide bonds. The molecule has 5 heteroatoms. The molecule has 0 saturated heterocycles. The van der Waals surface area contributed by atoms with Crippen molar-refractivity contribution in [2.45, 2.75) is 32.7 Å². The third kappa shape index (κ3) is 2.72. The minimum atomic E-state index is 0.874. The van der Waals surface area contributed by atoms with Crippen LogP contribution in [0.25, 0.3) is 0 Å². The first-order chi connectivity index (χ1) is 5.34. The van der Waals surface area contributed by atoms with Gasteiger partial charge >= 0.3 is 0 Å². The van der Waals surface area contributed by atoms with Crippen LogP contribution in [0.4, 0.5) is 0 Å².